The van der Waals surface area contributed by atoms with Crippen LogP contribution in [0.25, 0.3) is 10.6 Å². The number of thiophene rings is 1. The first-order valence-corrected chi connectivity index (χ1v) is 11.0. The molecule has 28 heavy (non-hydrogen) atoms. The van der Waals surface area contributed by atoms with Gasteiger partial charge >= 0.3 is 0 Å². The minimum Gasteiger partial charge on any atom is -0.258 e. The Morgan fingerprint density at radius 2 is 1.93 bits per heavy atom. The first-order valence-electron chi connectivity index (χ1n) is 9.28. The molecule has 0 aliphatic heterocycles. The molecular weight excluding hydrogens is 392 g/mol. The lowest BCUT2D eigenvalue weighted by molar-refractivity contribution is -0.385. The first kappa shape index (κ1) is 18.8. The van der Waals surface area contributed by atoms with E-state index in [9.17, 15) is 10.1 Å². The van der Waals surface area contributed by atoms with E-state index in [0.29, 0.717) is 11.6 Å². The van der Waals surface area contributed by atoms with E-state index in [-0.39, 0.29) is 10.6 Å². The van der Waals surface area contributed by atoms with Gasteiger partial charge in [0.05, 0.1) is 33.3 Å². The fourth-order valence-electron chi connectivity index (χ4n) is 3.34. The van der Waals surface area contributed by atoms with Crippen molar-refractivity contribution in [2.24, 2.45) is 10.1 Å². The summed E-state index contributed by atoms with van der Waals surface area (Å²) >= 11 is 3.21. The van der Waals surface area contributed by atoms with Crippen molar-refractivity contribution >= 4 is 34.6 Å². The van der Waals surface area contributed by atoms with Crippen LogP contribution >= 0.6 is 22.7 Å². The van der Waals surface area contributed by atoms with Crippen LogP contribution in [0.1, 0.15) is 37.7 Å². The highest BCUT2D eigenvalue weighted by atomic mass is 32.1. The van der Waals surface area contributed by atoms with Crippen LogP contribution in [0, 0.1) is 10.1 Å². The van der Waals surface area contributed by atoms with Crippen LogP contribution in [-0.4, -0.2) is 21.9 Å². The van der Waals surface area contributed by atoms with E-state index in [1.54, 1.807) is 47.1 Å². The lowest BCUT2D eigenvalue weighted by atomic mass is 9.96. The van der Waals surface area contributed by atoms with Crippen molar-refractivity contribution in [3.8, 4) is 10.6 Å². The van der Waals surface area contributed by atoms with Gasteiger partial charge in [-0.1, -0.05) is 37.5 Å². The molecule has 0 bridgehead atoms. The Morgan fingerprint density at radius 3 is 2.68 bits per heavy atom. The third-order valence-corrected chi connectivity index (χ3v) is 6.50. The normalized spacial score (nSPS) is 16.1. The van der Waals surface area contributed by atoms with Crippen molar-refractivity contribution in [3.05, 3.63) is 67.6 Å². The summed E-state index contributed by atoms with van der Waals surface area (Å²) in [4.78, 5) is 17.8. The summed E-state index contributed by atoms with van der Waals surface area (Å²) in [6.45, 7) is 0. The molecule has 2 aromatic heterocycles. The van der Waals surface area contributed by atoms with Crippen molar-refractivity contribution in [1.29, 1.82) is 0 Å². The second-order valence-corrected chi connectivity index (χ2v) is 8.46. The molecule has 1 fully saturated rings. The molecule has 1 aliphatic rings. The first-order chi connectivity index (χ1) is 13.7. The SMILES string of the molecule is O=[N+]([O-])c1ccccc1C=Nn1c(-c2cccs2)csc1=NC1CCCCC1. The van der Waals surface area contributed by atoms with Crippen LogP contribution in [0.3, 0.4) is 0 Å². The summed E-state index contributed by atoms with van der Waals surface area (Å²) in [6.07, 6.45) is 7.50. The number of thiazole rings is 1. The van der Waals surface area contributed by atoms with E-state index in [1.807, 2.05) is 22.2 Å². The van der Waals surface area contributed by atoms with Crippen LogP contribution < -0.4 is 4.80 Å². The molecule has 0 spiro atoms. The highest BCUT2D eigenvalue weighted by Gasteiger charge is 2.15. The Hall–Kier alpha value is -2.58. The van der Waals surface area contributed by atoms with Gasteiger partial charge in [-0.05, 0) is 30.4 Å². The third kappa shape index (κ3) is 4.13. The molecule has 0 unspecified atom stereocenters. The van der Waals surface area contributed by atoms with Crippen molar-refractivity contribution in [1.82, 2.24) is 4.68 Å². The van der Waals surface area contributed by atoms with Crippen molar-refractivity contribution < 1.29 is 4.92 Å². The fraction of sp³-hybridized carbons (Fsp3) is 0.300. The molecule has 2 heterocycles. The van der Waals surface area contributed by atoms with Crippen molar-refractivity contribution in [2.45, 2.75) is 38.1 Å². The van der Waals surface area contributed by atoms with E-state index >= 15 is 0 Å². The van der Waals surface area contributed by atoms with Crippen LogP contribution in [0.15, 0.2) is 57.3 Å². The predicted molar refractivity (Wildman–Crippen MR) is 114 cm³/mol. The van der Waals surface area contributed by atoms with Gasteiger partial charge in [0, 0.05) is 11.4 Å². The van der Waals surface area contributed by atoms with E-state index < -0.39 is 0 Å². The quantitative estimate of drug-likeness (QED) is 0.324. The van der Waals surface area contributed by atoms with Gasteiger partial charge in [-0.3, -0.25) is 15.1 Å². The number of nitro benzene ring substituents is 1. The Balaban J connectivity index is 1.77. The average Bonchev–Trinajstić information content (AvgIpc) is 3.37. The molecule has 3 aromatic rings. The lowest BCUT2D eigenvalue weighted by Gasteiger charge is -2.16. The van der Waals surface area contributed by atoms with Crippen LogP contribution in [0.2, 0.25) is 0 Å². The van der Waals surface area contributed by atoms with Crippen LogP contribution in [0.4, 0.5) is 5.69 Å². The Bertz CT molecular complexity index is 1040. The predicted octanol–water partition coefficient (Wildman–Crippen LogP) is 5.30. The largest absolute Gasteiger partial charge is 0.278 e. The zero-order valence-corrected chi connectivity index (χ0v) is 16.9. The number of nitro groups is 1. The summed E-state index contributed by atoms with van der Waals surface area (Å²) in [5.74, 6) is 0. The molecule has 1 saturated carbocycles. The van der Waals surface area contributed by atoms with Gasteiger partial charge in [0.15, 0.2) is 0 Å². The summed E-state index contributed by atoms with van der Waals surface area (Å²) < 4.78 is 1.82. The Kier molecular flexibility index (Phi) is 5.78. The maximum Gasteiger partial charge on any atom is 0.278 e. The Labute approximate surface area is 170 Å². The number of aromatic nitrogens is 1. The van der Waals surface area contributed by atoms with Crippen molar-refractivity contribution in [3.63, 3.8) is 0 Å². The van der Waals surface area contributed by atoms with Crippen LogP contribution in [-0.2, 0) is 0 Å². The number of hydrogen-bond donors (Lipinski definition) is 0. The standard InChI is InChI=1S/C20H20N4O2S2/c25-24(26)17-10-5-4-7-15(17)13-21-23-18(19-11-6-12-27-19)14-28-20(23)22-16-8-2-1-3-9-16/h4-7,10-14,16H,1-3,8-9H2. The second kappa shape index (κ2) is 8.62. The lowest BCUT2D eigenvalue weighted by Crippen LogP contribution is -2.18. The molecule has 0 atom stereocenters. The molecule has 0 saturated heterocycles. The summed E-state index contributed by atoms with van der Waals surface area (Å²) in [5, 5.41) is 20.0. The molecule has 0 radical (unpaired) electrons. The van der Waals surface area contributed by atoms with E-state index in [4.69, 9.17) is 4.99 Å². The van der Waals surface area contributed by atoms with Gasteiger partial charge in [0.2, 0.25) is 4.80 Å². The number of nitrogens with zero attached hydrogens (tertiary/aromatic N) is 4. The monoisotopic (exact) mass is 412 g/mol. The highest BCUT2D eigenvalue weighted by Crippen LogP contribution is 2.26. The summed E-state index contributed by atoms with van der Waals surface area (Å²) in [5.41, 5.74) is 1.49. The third-order valence-electron chi connectivity index (χ3n) is 4.77. The molecule has 1 aromatic carbocycles. The number of para-hydroxylation sites is 1. The van der Waals surface area contributed by atoms with Crippen LogP contribution in [0.5, 0.6) is 0 Å². The fourth-order valence-corrected chi connectivity index (χ4v) is 5.04. The number of hydrogen-bond acceptors (Lipinski definition) is 6. The molecular formula is C20H20N4O2S2. The molecule has 0 N–H and O–H groups in total. The molecule has 4 rings (SSSR count). The van der Waals surface area contributed by atoms with Crippen molar-refractivity contribution in [2.75, 3.05) is 0 Å². The van der Waals surface area contributed by atoms with Gasteiger partial charge in [0.25, 0.3) is 5.69 Å². The van der Waals surface area contributed by atoms with Gasteiger partial charge in [-0.25, -0.2) is 4.68 Å². The van der Waals surface area contributed by atoms with E-state index in [2.05, 4.69) is 10.5 Å². The average molecular weight is 413 g/mol. The topological polar surface area (TPSA) is 72.8 Å². The molecule has 8 heteroatoms. The minimum absolute atomic E-state index is 0.0468. The summed E-state index contributed by atoms with van der Waals surface area (Å²) in [7, 11) is 0. The van der Waals surface area contributed by atoms with E-state index in [0.717, 1.165) is 28.2 Å². The molecule has 1 aliphatic carbocycles. The molecule has 144 valence electrons. The molecule has 6 nitrogen and oxygen atoms in total. The minimum atomic E-state index is -0.382. The molecule has 0 amide bonds. The Morgan fingerprint density at radius 1 is 1.11 bits per heavy atom. The van der Waals surface area contributed by atoms with Gasteiger partial charge < -0.3 is 0 Å². The smallest absolute Gasteiger partial charge is 0.258 e. The van der Waals surface area contributed by atoms with Gasteiger partial charge in [-0.15, -0.1) is 22.7 Å². The zero-order chi connectivity index (χ0) is 19.3. The van der Waals surface area contributed by atoms with Gasteiger partial charge in [0.1, 0.15) is 0 Å². The summed E-state index contributed by atoms with van der Waals surface area (Å²) in [6, 6.07) is 11.0. The second-order valence-electron chi connectivity index (χ2n) is 6.67. The maximum atomic E-state index is 11.3. The highest BCUT2D eigenvalue weighted by molar-refractivity contribution is 7.14. The maximum absolute atomic E-state index is 11.3. The van der Waals surface area contributed by atoms with Gasteiger partial charge in [-0.2, -0.15) is 5.10 Å². The zero-order valence-electron chi connectivity index (χ0n) is 15.2. The number of benzene rings is 1. The number of rotatable bonds is 5. The van der Waals surface area contributed by atoms with E-state index in [1.165, 1.54) is 25.3 Å².